The summed E-state index contributed by atoms with van der Waals surface area (Å²) in [6, 6.07) is 0. The van der Waals surface area contributed by atoms with Crippen LogP contribution in [0.4, 0.5) is 0 Å². The smallest absolute Gasteiger partial charge is 0.187 e. The molecule has 1 aliphatic carbocycles. The van der Waals surface area contributed by atoms with E-state index in [2.05, 4.69) is 13.0 Å². The quantitative estimate of drug-likeness (QED) is 0.686. The van der Waals surface area contributed by atoms with Gasteiger partial charge in [0.25, 0.3) is 0 Å². The maximum Gasteiger partial charge on any atom is 0.187 e. The summed E-state index contributed by atoms with van der Waals surface area (Å²) in [4.78, 5) is 0. The Morgan fingerprint density at radius 3 is 2.43 bits per heavy atom. The first-order valence-electron chi connectivity index (χ1n) is 7.75. The number of aliphatic hydroxyl groups is 3. The number of aliphatic hydroxyl groups excluding tert-OH is 3. The lowest BCUT2D eigenvalue weighted by Gasteiger charge is -2.44. The van der Waals surface area contributed by atoms with Gasteiger partial charge in [-0.25, -0.2) is 0 Å². The largest absolute Gasteiger partial charge is 0.388 e. The highest BCUT2D eigenvalue weighted by Crippen LogP contribution is 2.36. The molecule has 0 radical (unpaired) electrons. The third kappa shape index (κ3) is 3.66. The average molecular weight is 300 g/mol. The van der Waals surface area contributed by atoms with E-state index in [1.165, 1.54) is 5.57 Å². The predicted octanol–water partition coefficient (Wildman–Crippen LogP) is 1.36. The van der Waals surface area contributed by atoms with Crippen molar-refractivity contribution >= 4 is 0 Å². The summed E-state index contributed by atoms with van der Waals surface area (Å²) in [5.74, 6) is 0.344. The highest BCUT2D eigenvalue weighted by molar-refractivity contribution is 5.05. The van der Waals surface area contributed by atoms with Crippen molar-refractivity contribution in [3.63, 3.8) is 0 Å². The Hall–Kier alpha value is -0.460. The molecule has 0 aromatic heterocycles. The minimum atomic E-state index is -1.25. The van der Waals surface area contributed by atoms with Crippen LogP contribution in [0.2, 0.25) is 0 Å². The van der Waals surface area contributed by atoms with E-state index in [0.29, 0.717) is 5.92 Å². The van der Waals surface area contributed by atoms with Crippen molar-refractivity contribution in [2.75, 3.05) is 0 Å². The first-order valence-corrected chi connectivity index (χ1v) is 7.75. The molecule has 5 nitrogen and oxygen atoms in total. The topological polar surface area (TPSA) is 79.2 Å². The van der Waals surface area contributed by atoms with E-state index >= 15 is 0 Å². The van der Waals surface area contributed by atoms with Crippen molar-refractivity contribution in [2.24, 2.45) is 5.92 Å². The van der Waals surface area contributed by atoms with E-state index < -0.39 is 36.3 Å². The van der Waals surface area contributed by atoms with Crippen LogP contribution in [0.25, 0.3) is 0 Å². The lowest BCUT2D eigenvalue weighted by Crippen LogP contribution is -2.59. The Bertz CT molecular complexity index is 392. The van der Waals surface area contributed by atoms with Gasteiger partial charge in [-0.05, 0) is 52.9 Å². The van der Waals surface area contributed by atoms with Crippen LogP contribution in [0.5, 0.6) is 0 Å². The lowest BCUT2D eigenvalue weighted by atomic mass is 9.79. The molecule has 5 heteroatoms. The number of ether oxygens (including phenoxy) is 2. The summed E-state index contributed by atoms with van der Waals surface area (Å²) >= 11 is 0. The fraction of sp³-hybridized carbons (Fsp3) is 0.875. The molecule has 0 saturated carbocycles. The second kappa shape index (κ2) is 6.34. The molecule has 122 valence electrons. The molecule has 6 atom stereocenters. The van der Waals surface area contributed by atoms with Crippen molar-refractivity contribution < 1.29 is 24.8 Å². The monoisotopic (exact) mass is 300 g/mol. The fourth-order valence-electron chi connectivity index (χ4n) is 3.10. The van der Waals surface area contributed by atoms with E-state index in [1.54, 1.807) is 6.92 Å². The van der Waals surface area contributed by atoms with E-state index in [0.717, 1.165) is 19.3 Å². The second-order valence-corrected chi connectivity index (χ2v) is 6.92. The normalized spacial score (nSPS) is 41.8. The van der Waals surface area contributed by atoms with Crippen molar-refractivity contribution in [2.45, 2.75) is 83.3 Å². The van der Waals surface area contributed by atoms with Gasteiger partial charge in [-0.3, -0.25) is 0 Å². The van der Waals surface area contributed by atoms with Crippen LogP contribution in [-0.4, -0.2) is 51.6 Å². The van der Waals surface area contributed by atoms with Gasteiger partial charge in [0.1, 0.15) is 18.3 Å². The highest BCUT2D eigenvalue weighted by Gasteiger charge is 2.45. The van der Waals surface area contributed by atoms with Crippen LogP contribution in [0.1, 0.15) is 47.0 Å². The van der Waals surface area contributed by atoms with Gasteiger partial charge in [0.15, 0.2) is 6.29 Å². The zero-order valence-electron chi connectivity index (χ0n) is 13.3. The van der Waals surface area contributed by atoms with Crippen molar-refractivity contribution in [1.29, 1.82) is 0 Å². The van der Waals surface area contributed by atoms with Gasteiger partial charge in [-0.2, -0.15) is 0 Å². The minimum absolute atomic E-state index is 0.344. The summed E-state index contributed by atoms with van der Waals surface area (Å²) < 4.78 is 11.5. The molecular weight excluding hydrogens is 272 g/mol. The third-order valence-corrected chi connectivity index (χ3v) is 4.85. The van der Waals surface area contributed by atoms with Crippen LogP contribution in [0.15, 0.2) is 11.6 Å². The molecule has 0 bridgehead atoms. The number of rotatable bonds is 3. The zero-order chi connectivity index (χ0) is 15.8. The van der Waals surface area contributed by atoms with Crippen LogP contribution in [0.3, 0.4) is 0 Å². The zero-order valence-corrected chi connectivity index (χ0v) is 13.3. The van der Waals surface area contributed by atoms with Crippen molar-refractivity contribution in [3.05, 3.63) is 11.6 Å². The van der Waals surface area contributed by atoms with Gasteiger partial charge in [-0.15, -0.1) is 0 Å². The maximum atomic E-state index is 10.1. The Balaban J connectivity index is 2.02. The van der Waals surface area contributed by atoms with Crippen LogP contribution >= 0.6 is 0 Å². The van der Waals surface area contributed by atoms with Gasteiger partial charge < -0.3 is 24.8 Å². The Morgan fingerprint density at radius 2 is 1.86 bits per heavy atom. The average Bonchev–Trinajstić information content (AvgIpc) is 2.42. The fourth-order valence-corrected chi connectivity index (χ4v) is 3.10. The van der Waals surface area contributed by atoms with Crippen molar-refractivity contribution in [3.8, 4) is 0 Å². The Kier molecular flexibility index (Phi) is 5.11. The molecule has 0 spiro atoms. The van der Waals surface area contributed by atoms with E-state index in [9.17, 15) is 15.3 Å². The van der Waals surface area contributed by atoms with Gasteiger partial charge in [0, 0.05) is 0 Å². The molecule has 3 N–H and O–H groups in total. The molecule has 1 aliphatic heterocycles. The molecule has 2 aliphatic rings. The summed E-state index contributed by atoms with van der Waals surface area (Å²) in [6.45, 7) is 7.78. The maximum absolute atomic E-state index is 10.1. The van der Waals surface area contributed by atoms with Crippen LogP contribution in [0, 0.1) is 5.92 Å². The standard InChI is InChI=1S/C16H28O5/c1-9-5-7-11(8-6-9)16(3,4)21-15-14(19)13(18)12(17)10(2)20-15/h5,10-15,17-19H,6-8H2,1-4H3/t10-,11?,12-,13+,14-,15+/m1/s1. The number of allylic oxidation sites excluding steroid dienone is 2. The lowest BCUT2D eigenvalue weighted by molar-refractivity contribution is -0.322. The summed E-state index contributed by atoms with van der Waals surface area (Å²) in [5, 5.41) is 29.6. The number of hydrogen-bond acceptors (Lipinski definition) is 5. The molecule has 0 aromatic carbocycles. The molecule has 1 fully saturated rings. The predicted molar refractivity (Wildman–Crippen MR) is 78.6 cm³/mol. The third-order valence-electron chi connectivity index (χ3n) is 4.85. The molecule has 1 heterocycles. The van der Waals surface area contributed by atoms with Gasteiger partial charge in [0.2, 0.25) is 0 Å². The summed E-state index contributed by atoms with van der Waals surface area (Å²) in [7, 11) is 0. The first kappa shape index (κ1) is 16.9. The molecule has 0 aromatic rings. The van der Waals surface area contributed by atoms with E-state index in [1.807, 2.05) is 13.8 Å². The molecule has 21 heavy (non-hydrogen) atoms. The molecule has 1 saturated heterocycles. The van der Waals surface area contributed by atoms with Crippen LogP contribution < -0.4 is 0 Å². The van der Waals surface area contributed by atoms with E-state index in [-0.39, 0.29) is 0 Å². The SMILES string of the molecule is CC1=CCC(C(C)(C)O[C@@H]2O[C@H](C)[C@@H](O)[C@H](O)[C@H]2O)CC1. The van der Waals surface area contributed by atoms with Gasteiger partial charge in [-0.1, -0.05) is 11.6 Å². The first-order chi connectivity index (χ1) is 9.72. The number of hydrogen-bond donors (Lipinski definition) is 3. The van der Waals surface area contributed by atoms with E-state index in [4.69, 9.17) is 9.47 Å². The minimum Gasteiger partial charge on any atom is -0.388 e. The molecule has 1 unspecified atom stereocenters. The van der Waals surface area contributed by atoms with Crippen molar-refractivity contribution in [1.82, 2.24) is 0 Å². The van der Waals surface area contributed by atoms with Gasteiger partial charge >= 0.3 is 0 Å². The molecule has 2 rings (SSSR count). The summed E-state index contributed by atoms with van der Waals surface area (Å²) in [6.07, 6.45) is 0.212. The molecule has 0 amide bonds. The Morgan fingerprint density at radius 1 is 1.19 bits per heavy atom. The highest BCUT2D eigenvalue weighted by atomic mass is 16.7. The van der Waals surface area contributed by atoms with Gasteiger partial charge in [0.05, 0.1) is 11.7 Å². The van der Waals surface area contributed by atoms with Crippen LogP contribution in [-0.2, 0) is 9.47 Å². The molecular formula is C16H28O5. The summed E-state index contributed by atoms with van der Waals surface area (Å²) in [5.41, 5.74) is 0.938. The second-order valence-electron chi connectivity index (χ2n) is 6.92. The Labute approximate surface area is 126 Å².